The maximum atomic E-state index is 10.0. The van der Waals surface area contributed by atoms with Crippen LogP contribution in [-0.2, 0) is 13.1 Å². The van der Waals surface area contributed by atoms with Crippen LogP contribution in [0.1, 0.15) is 16.7 Å². The Bertz CT molecular complexity index is 715. The Kier molecular flexibility index (Phi) is 6.01. The van der Waals surface area contributed by atoms with Crippen molar-refractivity contribution in [2.45, 2.75) is 20.0 Å². The minimum atomic E-state index is 0.0572. The maximum Gasteiger partial charge on any atom is 0.200 e. The van der Waals surface area contributed by atoms with Crippen molar-refractivity contribution < 1.29 is 14.6 Å². The molecular formula is C21H28N2O3. The summed E-state index contributed by atoms with van der Waals surface area (Å²) in [5, 5.41) is 10.0. The fourth-order valence-corrected chi connectivity index (χ4v) is 3.43. The first kappa shape index (κ1) is 18.5. The normalized spacial score (nSPS) is 15.8. The topological polar surface area (TPSA) is 45.2 Å². The van der Waals surface area contributed by atoms with Crippen molar-refractivity contribution >= 4 is 0 Å². The van der Waals surface area contributed by atoms with Gasteiger partial charge in [0.2, 0.25) is 5.75 Å². The van der Waals surface area contributed by atoms with Gasteiger partial charge >= 0.3 is 0 Å². The van der Waals surface area contributed by atoms with Gasteiger partial charge in [-0.3, -0.25) is 9.80 Å². The zero-order chi connectivity index (χ0) is 18.5. The second kappa shape index (κ2) is 8.43. The molecule has 0 saturated carbocycles. The fourth-order valence-electron chi connectivity index (χ4n) is 3.43. The Labute approximate surface area is 155 Å². The number of aromatic hydroxyl groups is 1. The number of rotatable bonds is 6. The number of hydrogen-bond acceptors (Lipinski definition) is 5. The van der Waals surface area contributed by atoms with Crippen LogP contribution in [0.15, 0.2) is 36.4 Å². The van der Waals surface area contributed by atoms with Crippen molar-refractivity contribution in [1.29, 1.82) is 0 Å². The average Bonchev–Trinajstić information content (AvgIpc) is 2.66. The van der Waals surface area contributed by atoms with Crippen molar-refractivity contribution in [2.24, 2.45) is 0 Å². The van der Waals surface area contributed by atoms with E-state index in [1.165, 1.54) is 11.1 Å². The number of phenols is 1. The molecule has 140 valence electrons. The summed E-state index contributed by atoms with van der Waals surface area (Å²) in [4.78, 5) is 4.94. The van der Waals surface area contributed by atoms with Crippen LogP contribution in [0.2, 0.25) is 0 Å². The van der Waals surface area contributed by atoms with Crippen molar-refractivity contribution in [2.75, 3.05) is 40.4 Å². The van der Waals surface area contributed by atoms with Gasteiger partial charge in [0.05, 0.1) is 14.2 Å². The van der Waals surface area contributed by atoms with Gasteiger partial charge in [0.15, 0.2) is 11.5 Å². The highest BCUT2D eigenvalue weighted by Gasteiger charge is 2.19. The average molecular weight is 356 g/mol. The van der Waals surface area contributed by atoms with E-state index in [1.54, 1.807) is 14.2 Å². The predicted octanol–water partition coefficient (Wildman–Crippen LogP) is 3.04. The van der Waals surface area contributed by atoms with Crippen LogP contribution in [0.25, 0.3) is 0 Å². The molecule has 1 N–H and O–H groups in total. The molecule has 0 spiro atoms. The van der Waals surface area contributed by atoms with E-state index >= 15 is 0 Å². The second-order valence-corrected chi connectivity index (χ2v) is 6.83. The number of aryl methyl sites for hydroxylation is 1. The Morgan fingerprint density at radius 3 is 1.96 bits per heavy atom. The van der Waals surface area contributed by atoms with E-state index in [2.05, 4.69) is 41.0 Å². The molecule has 5 nitrogen and oxygen atoms in total. The molecule has 0 bridgehead atoms. The number of benzene rings is 2. The summed E-state index contributed by atoms with van der Waals surface area (Å²) >= 11 is 0. The molecule has 2 aromatic rings. The number of piperazine rings is 1. The van der Waals surface area contributed by atoms with Crippen LogP contribution in [0.5, 0.6) is 17.2 Å². The zero-order valence-electron chi connectivity index (χ0n) is 15.9. The highest BCUT2D eigenvalue weighted by Crippen LogP contribution is 2.37. The third-order valence-corrected chi connectivity index (χ3v) is 5.07. The van der Waals surface area contributed by atoms with Gasteiger partial charge < -0.3 is 14.6 Å². The number of hydrogen-bond donors (Lipinski definition) is 1. The van der Waals surface area contributed by atoms with Crippen LogP contribution in [-0.4, -0.2) is 55.3 Å². The van der Waals surface area contributed by atoms with Crippen molar-refractivity contribution in [3.05, 3.63) is 53.1 Å². The van der Waals surface area contributed by atoms with Gasteiger partial charge in [0.25, 0.3) is 0 Å². The molecule has 0 amide bonds. The highest BCUT2D eigenvalue weighted by atomic mass is 16.5. The van der Waals surface area contributed by atoms with Gasteiger partial charge in [-0.25, -0.2) is 0 Å². The summed E-state index contributed by atoms with van der Waals surface area (Å²) < 4.78 is 10.5. The highest BCUT2D eigenvalue weighted by molar-refractivity contribution is 5.52. The molecule has 5 heteroatoms. The van der Waals surface area contributed by atoms with Gasteiger partial charge in [0.1, 0.15) is 0 Å². The van der Waals surface area contributed by atoms with E-state index in [9.17, 15) is 5.11 Å². The Hall–Kier alpha value is -2.24. The van der Waals surface area contributed by atoms with Crippen molar-refractivity contribution in [1.82, 2.24) is 9.80 Å². The standard InChI is InChI=1S/C21H28N2O3/c1-16-6-4-5-7-18(16)15-23-10-8-22(9-11-23)14-17-12-19(25-2)21(24)20(13-17)26-3/h4-7,12-13,24H,8-11,14-15H2,1-3H3. The van der Waals surface area contributed by atoms with E-state index in [4.69, 9.17) is 9.47 Å². The molecule has 2 aromatic carbocycles. The summed E-state index contributed by atoms with van der Waals surface area (Å²) in [5.41, 5.74) is 3.86. The van der Waals surface area contributed by atoms with Crippen LogP contribution in [0.4, 0.5) is 0 Å². The van der Waals surface area contributed by atoms with Crippen LogP contribution >= 0.6 is 0 Å². The van der Waals surface area contributed by atoms with Crippen LogP contribution in [0, 0.1) is 6.92 Å². The summed E-state index contributed by atoms with van der Waals surface area (Å²) in [6, 6.07) is 12.4. The molecule has 1 heterocycles. The summed E-state index contributed by atoms with van der Waals surface area (Å²) in [7, 11) is 3.12. The fraction of sp³-hybridized carbons (Fsp3) is 0.429. The van der Waals surface area contributed by atoms with Gasteiger partial charge in [-0.05, 0) is 35.7 Å². The number of ether oxygens (including phenoxy) is 2. The lowest BCUT2D eigenvalue weighted by molar-refractivity contribution is 0.121. The minimum Gasteiger partial charge on any atom is -0.502 e. The first-order valence-corrected chi connectivity index (χ1v) is 9.03. The number of nitrogens with zero attached hydrogens (tertiary/aromatic N) is 2. The molecule has 0 unspecified atom stereocenters. The predicted molar refractivity (Wildman–Crippen MR) is 103 cm³/mol. The van der Waals surface area contributed by atoms with Gasteiger partial charge in [-0.1, -0.05) is 24.3 Å². The van der Waals surface area contributed by atoms with E-state index in [0.717, 1.165) is 44.8 Å². The van der Waals surface area contributed by atoms with Crippen molar-refractivity contribution in [3.8, 4) is 17.2 Å². The number of phenolic OH excluding ortho intramolecular Hbond substituents is 1. The third kappa shape index (κ3) is 4.29. The monoisotopic (exact) mass is 356 g/mol. The molecule has 1 aliphatic rings. The smallest absolute Gasteiger partial charge is 0.200 e. The number of methoxy groups -OCH3 is 2. The maximum absolute atomic E-state index is 10.0. The van der Waals surface area contributed by atoms with Crippen molar-refractivity contribution in [3.63, 3.8) is 0 Å². The third-order valence-electron chi connectivity index (χ3n) is 5.07. The van der Waals surface area contributed by atoms with E-state index in [0.29, 0.717) is 11.5 Å². The SMILES string of the molecule is COc1cc(CN2CCN(Cc3ccccc3C)CC2)cc(OC)c1O. The van der Waals surface area contributed by atoms with Gasteiger partial charge in [-0.2, -0.15) is 0 Å². The lowest BCUT2D eigenvalue weighted by Gasteiger charge is -2.35. The molecule has 1 fully saturated rings. The zero-order valence-corrected chi connectivity index (χ0v) is 15.9. The Morgan fingerprint density at radius 2 is 1.42 bits per heavy atom. The quantitative estimate of drug-likeness (QED) is 0.862. The molecule has 1 saturated heterocycles. The molecule has 0 atom stereocenters. The molecule has 3 rings (SSSR count). The molecule has 0 aromatic heterocycles. The van der Waals surface area contributed by atoms with Gasteiger partial charge in [0, 0.05) is 39.3 Å². The molecule has 26 heavy (non-hydrogen) atoms. The minimum absolute atomic E-state index is 0.0572. The van der Waals surface area contributed by atoms with Crippen LogP contribution in [0.3, 0.4) is 0 Å². The first-order chi connectivity index (χ1) is 12.6. The van der Waals surface area contributed by atoms with Gasteiger partial charge in [-0.15, -0.1) is 0 Å². The molecule has 1 aliphatic heterocycles. The second-order valence-electron chi connectivity index (χ2n) is 6.83. The lowest BCUT2D eigenvalue weighted by atomic mass is 10.1. The van der Waals surface area contributed by atoms with E-state index in [-0.39, 0.29) is 5.75 Å². The Balaban J connectivity index is 1.58. The summed E-state index contributed by atoms with van der Waals surface area (Å²) in [6.45, 7) is 8.18. The van der Waals surface area contributed by atoms with E-state index in [1.807, 2.05) is 12.1 Å². The molecule has 0 radical (unpaired) electrons. The summed E-state index contributed by atoms with van der Waals surface area (Å²) in [6.07, 6.45) is 0. The summed E-state index contributed by atoms with van der Waals surface area (Å²) in [5.74, 6) is 0.969. The van der Waals surface area contributed by atoms with Crippen LogP contribution < -0.4 is 9.47 Å². The largest absolute Gasteiger partial charge is 0.502 e. The lowest BCUT2D eigenvalue weighted by Crippen LogP contribution is -2.45. The Morgan fingerprint density at radius 1 is 0.885 bits per heavy atom. The molecular weight excluding hydrogens is 328 g/mol. The first-order valence-electron chi connectivity index (χ1n) is 9.03. The van der Waals surface area contributed by atoms with E-state index < -0.39 is 0 Å². The molecule has 0 aliphatic carbocycles.